The Bertz CT molecular complexity index is 382. The van der Waals surface area contributed by atoms with Gasteiger partial charge in [-0.1, -0.05) is 5.21 Å². The number of aromatic nitrogens is 3. The molecule has 0 aliphatic heterocycles. The van der Waals surface area contributed by atoms with Gasteiger partial charge in [0.25, 0.3) is 5.91 Å². The normalized spacial score (nSPS) is 17.5. The molecule has 1 aromatic heterocycles. The lowest BCUT2D eigenvalue weighted by molar-refractivity contribution is 0.0925. The molecule has 0 radical (unpaired) electrons. The molecule has 1 heterocycles. The van der Waals surface area contributed by atoms with Crippen molar-refractivity contribution < 1.29 is 4.79 Å². The van der Waals surface area contributed by atoms with Crippen molar-refractivity contribution in [2.24, 2.45) is 7.05 Å². The molecule has 1 N–H and O–H groups in total. The molecule has 2 rings (SSSR count). The van der Waals surface area contributed by atoms with Gasteiger partial charge in [-0.05, 0) is 28.8 Å². The fourth-order valence-corrected chi connectivity index (χ4v) is 2.16. The summed E-state index contributed by atoms with van der Waals surface area (Å²) in [5.41, 5.74) is 0.217. The van der Waals surface area contributed by atoms with Gasteiger partial charge in [-0.15, -0.1) is 16.7 Å². The van der Waals surface area contributed by atoms with Crippen LogP contribution < -0.4 is 5.32 Å². The second-order valence-electron chi connectivity index (χ2n) is 3.72. The number of carbonyl (C=O) groups is 1. The number of alkyl halides is 1. The molecule has 0 aromatic carbocycles. The van der Waals surface area contributed by atoms with Gasteiger partial charge in [0, 0.05) is 12.9 Å². The maximum atomic E-state index is 11.9. The van der Waals surface area contributed by atoms with Crippen LogP contribution in [0.15, 0.2) is 4.60 Å². The largest absolute Gasteiger partial charge is 0.344 e. The highest BCUT2D eigenvalue weighted by Gasteiger charge is 2.43. The summed E-state index contributed by atoms with van der Waals surface area (Å²) in [5.74, 6) is 0.259. The lowest BCUT2D eigenvalue weighted by Gasteiger charge is -2.13. The van der Waals surface area contributed by atoms with E-state index < -0.39 is 0 Å². The average Bonchev–Trinajstić information content (AvgIpc) is 2.88. The number of amides is 1. The quantitative estimate of drug-likeness (QED) is 0.848. The summed E-state index contributed by atoms with van der Waals surface area (Å²) >= 11 is 8.96. The summed E-state index contributed by atoms with van der Waals surface area (Å²) < 4.78 is 1.89. The summed E-state index contributed by atoms with van der Waals surface area (Å²) in [4.78, 5) is 11.9. The van der Waals surface area contributed by atoms with Gasteiger partial charge < -0.3 is 5.32 Å². The molecule has 7 heteroatoms. The Morgan fingerprint density at radius 3 is 2.80 bits per heavy atom. The van der Waals surface area contributed by atoms with Crippen molar-refractivity contribution in [1.29, 1.82) is 0 Å². The van der Waals surface area contributed by atoms with Crippen molar-refractivity contribution in [2.45, 2.75) is 18.4 Å². The van der Waals surface area contributed by atoms with Crippen molar-refractivity contribution in [3.63, 3.8) is 0 Å². The number of aryl methyl sites for hydroxylation is 1. The lowest BCUT2D eigenvalue weighted by Crippen LogP contribution is -2.39. The van der Waals surface area contributed by atoms with Crippen molar-refractivity contribution in [3.8, 4) is 0 Å². The molecule has 0 bridgehead atoms. The van der Waals surface area contributed by atoms with E-state index in [4.69, 9.17) is 11.6 Å². The molecule has 0 atom stereocenters. The van der Waals surface area contributed by atoms with E-state index in [9.17, 15) is 4.79 Å². The van der Waals surface area contributed by atoms with Crippen LogP contribution in [0, 0.1) is 0 Å². The first kappa shape index (κ1) is 10.9. The summed E-state index contributed by atoms with van der Waals surface area (Å²) in [6, 6.07) is 0. The van der Waals surface area contributed by atoms with E-state index in [0.717, 1.165) is 12.8 Å². The predicted molar refractivity (Wildman–Crippen MR) is 58.9 cm³/mol. The van der Waals surface area contributed by atoms with Crippen molar-refractivity contribution in [1.82, 2.24) is 20.3 Å². The van der Waals surface area contributed by atoms with Crippen LogP contribution in [0.2, 0.25) is 0 Å². The molecule has 0 saturated heterocycles. The second-order valence-corrected chi connectivity index (χ2v) is 4.74. The molecule has 1 amide bonds. The Morgan fingerprint density at radius 1 is 1.73 bits per heavy atom. The Balaban J connectivity index is 2.15. The molecule has 1 aliphatic rings. The highest BCUT2D eigenvalue weighted by molar-refractivity contribution is 9.10. The number of carbonyl (C=O) groups excluding carboxylic acids is 1. The number of hydrogen-bond donors (Lipinski definition) is 1. The number of nitrogens with one attached hydrogen (secondary N) is 1. The molecule has 1 aromatic rings. The highest BCUT2D eigenvalue weighted by Crippen LogP contribution is 2.36. The minimum Gasteiger partial charge on any atom is -0.344 e. The van der Waals surface area contributed by atoms with Crippen LogP contribution in [0.25, 0.3) is 0 Å². The molecular weight excluding hydrogens is 283 g/mol. The molecular formula is C8H10BrClN4O. The summed E-state index contributed by atoms with van der Waals surface area (Å²) in [7, 11) is 1.67. The van der Waals surface area contributed by atoms with Crippen LogP contribution in [0.3, 0.4) is 0 Å². The van der Waals surface area contributed by atoms with Gasteiger partial charge in [0.2, 0.25) is 0 Å². The molecule has 0 spiro atoms. The monoisotopic (exact) mass is 292 g/mol. The number of hydrogen-bond acceptors (Lipinski definition) is 3. The van der Waals surface area contributed by atoms with Gasteiger partial charge in [0.15, 0.2) is 10.3 Å². The molecule has 15 heavy (non-hydrogen) atoms. The third kappa shape index (κ3) is 2.01. The molecule has 0 unspecified atom stereocenters. The van der Waals surface area contributed by atoms with E-state index in [2.05, 4.69) is 31.6 Å². The Labute approximate surface area is 100 Å². The first-order valence-corrected chi connectivity index (χ1v) is 5.84. The zero-order chi connectivity index (χ0) is 11.1. The lowest BCUT2D eigenvalue weighted by atomic mass is 10.3. The van der Waals surface area contributed by atoms with E-state index in [0.29, 0.717) is 16.2 Å². The van der Waals surface area contributed by atoms with Gasteiger partial charge >= 0.3 is 0 Å². The predicted octanol–water partition coefficient (Wildman–Crippen LogP) is 1.08. The highest BCUT2D eigenvalue weighted by atomic mass is 79.9. The Hall–Kier alpha value is -0.620. The topological polar surface area (TPSA) is 59.8 Å². The average molecular weight is 294 g/mol. The van der Waals surface area contributed by atoms with Crippen LogP contribution in [0.1, 0.15) is 23.3 Å². The summed E-state index contributed by atoms with van der Waals surface area (Å²) in [6.07, 6.45) is 1.87. The molecule has 1 aliphatic carbocycles. The van der Waals surface area contributed by atoms with Gasteiger partial charge in [-0.25, -0.2) is 4.68 Å². The number of rotatable bonds is 3. The number of halogens is 2. The first-order chi connectivity index (χ1) is 7.08. The zero-order valence-corrected chi connectivity index (χ0v) is 10.5. The van der Waals surface area contributed by atoms with E-state index in [1.54, 1.807) is 7.05 Å². The molecule has 1 fully saturated rings. The maximum absolute atomic E-state index is 11.9. The number of nitrogens with zero attached hydrogens (tertiary/aromatic N) is 3. The second kappa shape index (κ2) is 3.75. The van der Waals surface area contributed by atoms with E-state index >= 15 is 0 Å². The Morgan fingerprint density at radius 2 is 2.40 bits per heavy atom. The van der Waals surface area contributed by atoms with Crippen LogP contribution >= 0.6 is 27.5 Å². The molecule has 5 nitrogen and oxygen atoms in total. The van der Waals surface area contributed by atoms with Crippen LogP contribution in [-0.4, -0.2) is 32.3 Å². The Kier molecular flexibility index (Phi) is 2.72. The summed E-state index contributed by atoms with van der Waals surface area (Å²) in [6.45, 7) is 0. The third-order valence-electron chi connectivity index (χ3n) is 2.49. The van der Waals surface area contributed by atoms with Gasteiger partial charge in [-0.2, -0.15) is 0 Å². The first-order valence-electron chi connectivity index (χ1n) is 4.52. The van der Waals surface area contributed by atoms with Crippen molar-refractivity contribution in [2.75, 3.05) is 5.88 Å². The van der Waals surface area contributed by atoms with E-state index in [1.165, 1.54) is 4.68 Å². The maximum Gasteiger partial charge on any atom is 0.272 e. The third-order valence-corrected chi connectivity index (χ3v) is 3.53. The van der Waals surface area contributed by atoms with Crippen molar-refractivity contribution >= 4 is 33.4 Å². The fraction of sp³-hybridized carbons (Fsp3) is 0.625. The molecule has 1 saturated carbocycles. The SMILES string of the molecule is Cn1nnc(Br)c1C(=O)NC1(CCl)CC1. The van der Waals surface area contributed by atoms with E-state index in [-0.39, 0.29) is 11.4 Å². The molecule has 82 valence electrons. The minimum absolute atomic E-state index is 0.187. The minimum atomic E-state index is -0.206. The van der Waals surface area contributed by atoms with Gasteiger partial charge in [0.1, 0.15) is 0 Å². The van der Waals surface area contributed by atoms with Gasteiger partial charge in [-0.3, -0.25) is 4.79 Å². The standard InChI is InChI=1S/C8H10BrClN4O/c1-14-5(6(9)12-13-14)7(15)11-8(4-10)2-3-8/h2-4H2,1H3,(H,11,15). The van der Waals surface area contributed by atoms with Gasteiger partial charge in [0.05, 0.1) is 5.54 Å². The van der Waals surface area contributed by atoms with Crippen molar-refractivity contribution in [3.05, 3.63) is 10.3 Å². The smallest absolute Gasteiger partial charge is 0.272 e. The van der Waals surface area contributed by atoms with Crippen LogP contribution in [0.4, 0.5) is 0 Å². The van der Waals surface area contributed by atoms with E-state index in [1.807, 2.05) is 0 Å². The fourth-order valence-electron chi connectivity index (χ4n) is 1.32. The van der Waals surface area contributed by atoms with Crippen LogP contribution in [0.5, 0.6) is 0 Å². The summed E-state index contributed by atoms with van der Waals surface area (Å²) in [5, 5.41) is 10.4. The van der Waals surface area contributed by atoms with Crippen LogP contribution in [-0.2, 0) is 7.05 Å². The zero-order valence-electron chi connectivity index (χ0n) is 8.13.